The predicted molar refractivity (Wildman–Crippen MR) is 109 cm³/mol. The number of nitrogens with zero attached hydrogens (tertiary/aromatic N) is 2. The Morgan fingerprint density at radius 1 is 1.17 bits per heavy atom. The van der Waals surface area contributed by atoms with Crippen molar-refractivity contribution in [3.8, 4) is 0 Å². The summed E-state index contributed by atoms with van der Waals surface area (Å²) in [6.45, 7) is 0.436. The molecule has 2 aromatic carbocycles. The minimum absolute atomic E-state index is 0.0687. The van der Waals surface area contributed by atoms with Crippen molar-refractivity contribution < 1.29 is 9.18 Å². The van der Waals surface area contributed by atoms with Gasteiger partial charge in [0.15, 0.2) is 0 Å². The Hall–Kier alpha value is -3.26. The molecule has 0 aliphatic heterocycles. The number of carbonyl (C=O) groups is 1. The molecule has 0 bridgehead atoms. The summed E-state index contributed by atoms with van der Waals surface area (Å²) in [7, 11) is 3.71. The van der Waals surface area contributed by atoms with E-state index in [9.17, 15) is 18.8 Å². The fourth-order valence-electron chi connectivity index (χ4n) is 3.29. The van der Waals surface area contributed by atoms with Crippen molar-refractivity contribution in [1.29, 1.82) is 0 Å². The van der Waals surface area contributed by atoms with Crippen LogP contribution in [0.1, 0.15) is 18.0 Å². The third-order valence-corrected chi connectivity index (χ3v) is 4.82. The third-order valence-electron chi connectivity index (χ3n) is 4.82. The van der Waals surface area contributed by atoms with Crippen molar-refractivity contribution in [2.45, 2.75) is 19.0 Å². The van der Waals surface area contributed by atoms with Crippen LogP contribution in [0, 0.1) is 5.82 Å². The molecule has 1 heterocycles. The number of H-pyrrole nitrogens is 1. The van der Waals surface area contributed by atoms with Crippen LogP contribution in [0.3, 0.4) is 0 Å². The van der Waals surface area contributed by atoms with Crippen molar-refractivity contribution in [2.24, 2.45) is 0 Å². The van der Waals surface area contributed by atoms with E-state index in [0.29, 0.717) is 17.4 Å². The first-order chi connectivity index (χ1) is 13.9. The number of halogens is 1. The first-order valence-electron chi connectivity index (χ1n) is 9.27. The lowest BCUT2D eigenvalue weighted by molar-refractivity contribution is -0.121. The van der Waals surface area contributed by atoms with Crippen molar-refractivity contribution >= 4 is 16.8 Å². The van der Waals surface area contributed by atoms with Crippen LogP contribution in [-0.2, 0) is 11.3 Å². The highest BCUT2D eigenvalue weighted by Crippen LogP contribution is 2.18. The zero-order valence-corrected chi connectivity index (χ0v) is 16.3. The number of para-hydroxylation sites is 1. The van der Waals surface area contributed by atoms with Gasteiger partial charge in [-0.15, -0.1) is 0 Å². The average molecular weight is 398 g/mol. The number of fused-ring (bicyclic) bond motifs is 1. The molecule has 0 saturated carbocycles. The minimum Gasteiger partial charge on any atom is -0.354 e. The highest BCUT2D eigenvalue weighted by atomic mass is 19.1. The number of amides is 1. The zero-order valence-electron chi connectivity index (χ0n) is 16.3. The molecule has 1 atom stereocenters. The van der Waals surface area contributed by atoms with Crippen LogP contribution in [0.15, 0.2) is 58.1 Å². The molecule has 29 heavy (non-hydrogen) atoms. The average Bonchev–Trinajstić information content (AvgIpc) is 2.68. The van der Waals surface area contributed by atoms with Crippen LogP contribution in [0.2, 0.25) is 0 Å². The molecule has 0 spiro atoms. The number of nitrogens with one attached hydrogen (secondary N) is 2. The second kappa shape index (κ2) is 8.83. The summed E-state index contributed by atoms with van der Waals surface area (Å²) in [5.74, 6) is -0.569. The number of rotatable bonds is 7. The summed E-state index contributed by atoms with van der Waals surface area (Å²) < 4.78 is 14.9. The number of hydrogen-bond donors (Lipinski definition) is 2. The molecule has 1 amide bonds. The van der Waals surface area contributed by atoms with Crippen LogP contribution >= 0.6 is 0 Å². The van der Waals surface area contributed by atoms with E-state index in [0.717, 1.165) is 5.56 Å². The van der Waals surface area contributed by atoms with E-state index in [1.807, 2.05) is 25.1 Å². The Kier molecular flexibility index (Phi) is 6.23. The molecule has 0 unspecified atom stereocenters. The number of aromatic nitrogens is 2. The Morgan fingerprint density at radius 2 is 1.93 bits per heavy atom. The molecule has 3 aromatic rings. The van der Waals surface area contributed by atoms with Gasteiger partial charge in [0.25, 0.3) is 5.56 Å². The molecule has 0 aliphatic carbocycles. The third kappa shape index (κ3) is 4.78. The first kappa shape index (κ1) is 20.5. The summed E-state index contributed by atoms with van der Waals surface area (Å²) in [6, 6.07) is 12.8. The second-order valence-corrected chi connectivity index (χ2v) is 7.02. The molecule has 152 valence electrons. The van der Waals surface area contributed by atoms with E-state index in [2.05, 4.69) is 10.3 Å². The Morgan fingerprint density at radius 3 is 2.66 bits per heavy atom. The summed E-state index contributed by atoms with van der Waals surface area (Å²) in [6.07, 6.45) is 0.0687. The number of aromatic amines is 1. The quantitative estimate of drug-likeness (QED) is 0.633. The molecular formula is C21H23FN4O3. The molecule has 7 nitrogen and oxygen atoms in total. The van der Waals surface area contributed by atoms with Gasteiger partial charge in [0.1, 0.15) is 5.82 Å². The molecule has 0 aliphatic rings. The maximum absolute atomic E-state index is 13.5. The van der Waals surface area contributed by atoms with Crippen LogP contribution in [0.25, 0.3) is 10.9 Å². The highest BCUT2D eigenvalue weighted by Gasteiger charge is 2.16. The topological polar surface area (TPSA) is 87.2 Å². The van der Waals surface area contributed by atoms with Crippen molar-refractivity contribution in [1.82, 2.24) is 19.8 Å². The predicted octanol–water partition coefficient (Wildman–Crippen LogP) is 1.64. The SMILES string of the molecule is CN(C)[C@H](CNC(=O)CCn1c(=O)[nH]c(=O)c2ccccc21)c1cccc(F)c1. The normalized spacial score (nSPS) is 12.3. The van der Waals surface area contributed by atoms with Crippen molar-refractivity contribution in [3.63, 3.8) is 0 Å². The van der Waals surface area contributed by atoms with Gasteiger partial charge in [0.2, 0.25) is 5.91 Å². The Balaban J connectivity index is 1.68. The molecule has 0 radical (unpaired) electrons. The van der Waals surface area contributed by atoms with Gasteiger partial charge in [-0.2, -0.15) is 0 Å². The van der Waals surface area contributed by atoms with Gasteiger partial charge in [-0.1, -0.05) is 24.3 Å². The minimum atomic E-state index is -0.549. The maximum Gasteiger partial charge on any atom is 0.328 e. The number of aryl methyl sites for hydroxylation is 1. The van der Waals surface area contributed by atoms with Crippen molar-refractivity contribution in [2.75, 3.05) is 20.6 Å². The number of hydrogen-bond acceptors (Lipinski definition) is 4. The van der Waals surface area contributed by atoms with E-state index in [-0.39, 0.29) is 30.7 Å². The maximum atomic E-state index is 13.5. The first-order valence-corrected chi connectivity index (χ1v) is 9.27. The van der Waals surface area contributed by atoms with Crippen LogP contribution in [0.5, 0.6) is 0 Å². The summed E-state index contributed by atoms with van der Waals surface area (Å²) >= 11 is 0. The van der Waals surface area contributed by atoms with Gasteiger partial charge in [0.05, 0.1) is 16.9 Å². The fourth-order valence-corrected chi connectivity index (χ4v) is 3.29. The zero-order chi connectivity index (χ0) is 21.0. The standard InChI is InChI=1S/C21H23FN4O3/c1-25(2)18(14-6-5-7-15(22)12-14)13-23-19(27)10-11-26-17-9-4-3-8-16(17)20(28)24-21(26)29/h3-9,12,18H,10-11,13H2,1-2H3,(H,23,27)(H,24,28,29)/t18-/m1/s1. The molecular weight excluding hydrogens is 375 g/mol. The summed E-state index contributed by atoms with van der Waals surface area (Å²) in [4.78, 5) is 40.6. The lowest BCUT2D eigenvalue weighted by Gasteiger charge is -2.25. The Bertz CT molecular complexity index is 1140. The van der Waals surface area contributed by atoms with E-state index in [1.54, 1.807) is 30.3 Å². The van der Waals surface area contributed by atoms with E-state index in [4.69, 9.17) is 0 Å². The summed E-state index contributed by atoms with van der Waals surface area (Å²) in [5, 5.41) is 3.24. The molecule has 1 aromatic heterocycles. The smallest absolute Gasteiger partial charge is 0.328 e. The lowest BCUT2D eigenvalue weighted by Crippen LogP contribution is -2.36. The van der Waals surface area contributed by atoms with Gasteiger partial charge < -0.3 is 10.2 Å². The summed E-state index contributed by atoms with van der Waals surface area (Å²) in [5.41, 5.74) is 0.251. The monoisotopic (exact) mass is 398 g/mol. The molecule has 0 saturated heterocycles. The Labute approximate surface area is 166 Å². The molecule has 8 heteroatoms. The van der Waals surface area contributed by atoms with E-state index < -0.39 is 11.2 Å². The molecule has 3 rings (SSSR count). The number of carbonyl (C=O) groups excluding carboxylic acids is 1. The number of likely N-dealkylation sites (N-methyl/N-ethyl adjacent to an activating group) is 1. The van der Waals surface area contributed by atoms with Gasteiger partial charge in [-0.3, -0.25) is 19.1 Å². The van der Waals surface area contributed by atoms with E-state index in [1.165, 1.54) is 16.7 Å². The largest absolute Gasteiger partial charge is 0.354 e. The van der Waals surface area contributed by atoms with E-state index >= 15 is 0 Å². The van der Waals surface area contributed by atoms with Gasteiger partial charge in [-0.25, -0.2) is 9.18 Å². The van der Waals surface area contributed by atoms with Crippen LogP contribution in [0.4, 0.5) is 4.39 Å². The lowest BCUT2D eigenvalue weighted by atomic mass is 10.1. The molecule has 0 fully saturated rings. The van der Waals surface area contributed by atoms with Gasteiger partial charge >= 0.3 is 5.69 Å². The van der Waals surface area contributed by atoms with Crippen LogP contribution in [-0.4, -0.2) is 41.0 Å². The van der Waals surface area contributed by atoms with Gasteiger partial charge in [0, 0.05) is 19.5 Å². The van der Waals surface area contributed by atoms with Gasteiger partial charge in [-0.05, 0) is 43.9 Å². The molecule has 2 N–H and O–H groups in total. The number of benzene rings is 2. The highest BCUT2D eigenvalue weighted by molar-refractivity contribution is 5.78. The van der Waals surface area contributed by atoms with Crippen molar-refractivity contribution in [3.05, 3.63) is 80.7 Å². The second-order valence-electron chi connectivity index (χ2n) is 7.02. The fraction of sp³-hybridized carbons (Fsp3) is 0.286. The van der Waals surface area contributed by atoms with Crippen LogP contribution < -0.4 is 16.6 Å².